The van der Waals surface area contributed by atoms with Crippen molar-refractivity contribution in [2.24, 2.45) is 0 Å². The van der Waals surface area contributed by atoms with E-state index in [-0.39, 0.29) is 18.9 Å². The number of para-hydroxylation sites is 1. The molecule has 6 heteroatoms. The lowest BCUT2D eigenvalue weighted by Gasteiger charge is -2.34. The number of amides is 1. The fourth-order valence-electron chi connectivity index (χ4n) is 2.89. The third kappa shape index (κ3) is 4.61. The molecule has 1 fully saturated rings. The largest absolute Gasteiger partial charge is 0.489 e. The van der Waals surface area contributed by atoms with Crippen molar-refractivity contribution in [1.29, 1.82) is 0 Å². The van der Waals surface area contributed by atoms with Gasteiger partial charge in [0.15, 0.2) is 0 Å². The van der Waals surface area contributed by atoms with E-state index in [1.807, 2.05) is 42.5 Å². The van der Waals surface area contributed by atoms with E-state index in [1.165, 1.54) is 0 Å². The molecule has 136 valence electrons. The molecule has 0 aromatic heterocycles. The van der Waals surface area contributed by atoms with Crippen molar-refractivity contribution in [1.82, 2.24) is 4.90 Å². The van der Waals surface area contributed by atoms with E-state index in [4.69, 9.17) is 14.6 Å². The molecule has 1 heterocycles. The first kappa shape index (κ1) is 17.9. The number of carbonyl (C=O) groups excluding carboxylic acids is 1. The molecule has 1 saturated heterocycles. The summed E-state index contributed by atoms with van der Waals surface area (Å²) in [5, 5.41) is 9.02. The summed E-state index contributed by atoms with van der Waals surface area (Å²) >= 11 is 0. The maximum Gasteiger partial charge on any atom is 0.305 e. The molecule has 1 amide bonds. The number of hydrogen-bond donors (Lipinski definition) is 1. The minimum atomic E-state index is -0.938. The Morgan fingerprint density at radius 3 is 2.54 bits per heavy atom. The van der Waals surface area contributed by atoms with Crippen molar-refractivity contribution in [3.63, 3.8) is 0 Å². The molecule has 1 atom stereocenters. The molecule has 0 aliphatic carbocycles. The SMILES string of the molecule is O=C(O)C[C@H]1COCCN1C(=O)c1ccc(COc2ccccc2)cc1. The number of rotatable bonds is 6. The van der Waals surface area contributed by atoms with Crippen LogP contribution in [0, 0.1) is 0 Å². The van der Waals surface area contributed by atoms with Gasteiger partial charge >= 0.3 is 5.97 Å². The van der Waals surface area contributed by atoms with E-state index in [0.29, 0.717) is 25.3 Å². The summed E-state index contributed by atoms with van der Waals surface area (Å²) in [6.07, 6.45) is -0.116. The molecule has 0 spiro atoms. The maximum atomic E-state index is 12.7. The van der Waals surface area contributed by atoms with Crippen LogP contribution in [0.3, 0.4) is 0 Å². The van der Waals surface area contributed by atoms with Crippen molar-refractivity contribution in [3.8, 4) is 5.75 Å². The summed E-state index contributed by atoms with van der Waals surface area (Å²) in [5.74, 6) is -0.320. The van der Waals surface area contributed by atoms with Crippen LogP contribution in [-0.4, -0.2) is 47.7 Å². The molecule has 0 radical (unpaired) electrons. The quantitative estimate of drug-likeness (QED) is 0.862. The van der Waals surface area contributed by atoms with Crippen molar-refractivity contribution in [2.75, 3.05) is 19.8 Å². The summed E-state index contributed by atoms with van der Waals surface area (Å²) in [6.45, 7) is 1.49. The second-order valence-electron chi connectivity index (χ2n) is 6.12. The minimum absolute atomic E-state index is 0.116. The van der Waals surface area contributed by atoms with Gasteiger partial charge in [0.25, 0.3) is 5.91 Å². The highest BCUT2D eigenvalue weighted by molar-refractivity contribution is 5.94. The molecule has 0 unspecified atom stereocenters. The number of carboxylic acid groups (broad SMARTS) is 1. The molecule has 1 aliphatic heterocycles. The van der Waals surface area contributed by atoms with E-state index in [9.17, 15) is 9.59 Å². The van der Waals surface area contributed by atoms with Gasteiger partial charge in [0.05, 0.1) is 25.7 Å². The minimum Gasteiger partial charge on any atom is -0.489 e. The Balaban J connectivity index is 1.63. The Bertz CT molecular complexity index is 745. The molecule has 26 heavy (non-hydrogen) atoms. The highest BCUT2D eigenvalue weighted by Gasteiger charge is 2.29. The molecule has 0 saturated carbocycles. The Morgan fingerprint density at radius 1 is 1.12 bits per heavy atom. The average Bonchev–Trinajstić information content (AvgIpc) is 2.67. The van der Waals surface area contributed by atoms with Crippen molar-refractivity contribution in [3.05, 3.63) is 65.7 Å². The highest BCUT2D eigenvalue weighted by Crippen LogP contribution is 2.17. The lowest BCUT2D eigenvalue weighted by atomic mass is 10.1. The summed E-state index contributed by atoms with van der Waals surface area (Å²) in [5.41, 5.74) is 1.49. The fourth-order valence-corrected chi connectivity index (χ4v) is 2.89. The van der Waals surface area contributed by atoms with Crippen LogP contribution in [0.2, 0.25) is 0 Å². The van der Waals surface area contributed by atoms with Gasteiger partial charge in [0, 0.05) is 12.1 Å². The predicted octanol–water partition coefficient (Wildman–Crippen LogP) is 2.58. The van der Waals surface area contributed by atoms with E-state index in [2.05, 4.69) is 0 Å². The zero-order valence-electron chi connectivity index (χ0n) is 14.3. The second-order valence-corrected chi connectivity index (χ2v) is 6.12. The smallest absolute Gasteiger partial charge is 0.305 e. The maximum absolute atomic E-state index is 12.7. The molecule has 0 bridgehead atoms. The molecule has 1 N–H and O–H groups in total. The number of ether oxygens (including phenoxy) is 2. The van der Waals surface area contributed by atoms with Gasteiger partial charge in [-0.25, -0.2) is 0 Å². The van der Waals surface area contributed by atoms with Crippen LogP contribution in [0.1, 0.15) is 22.3 Å². The number of carboxylic acids is 1. The van der Waals surface area contributed by atoms with Gasteiger partial charge in [-0.1, -0.05) is 30.3 Å². The summed E-state index contributed by atoms with van der Waals surface area (Å²) < 4.78 is 11.0. The summed E-state index contributed by atoms with van der Waals surface area (Å²) in [6, 6.07) is 16.3. The van der Waals surface area contributed by atoms with Gasteiger partial charge in [-0.2, -0.15) is 0 Å². The van der Waals surface area contributed by atoms with Gasteiger partial charge in [-0.3, -0.25) is 9.59 Å². The zero-order valence-corrected chi connectivity index (χ0v) is 14.3. The van der Waals surface area contributed by atoms with E-state index in [0.717, 1.165) is 11.3 Å². The van der Waals surface area contributed by atoms with Crippen LogP contribution < -0.4 is 4.74 Å². The van der Waals surface area contributed by atoms with Crippen LogP contribution >= 0.6 is 0 Å². The number of aliphatic carboxylic acids is 1. The van der Waals surface area contributed by atoms with Crippen LogP contribution in [0.5, 0.6) is 5.75 Å². The molecule has 6 nitrogen and oxygen atoms in total. The Morgan fingerprint density at radius 2 is 1.85 bits per heavy atom. The topological polar surface area (TPSA) is 76.1 Å². The number of nitrogens with zero attached hydrogens (tertiary/aromatic N) is 1. The van der Waals surface area contributed by atoms with Crippen molar-refractivity contribution in [2.45, 2.75) is 19.1 Å². The lowest BCUT2D eigenvalue weighted by molar-refractivity contribution is -0.139. The van der Waals surface area contributed by atoms with Gasteiger partial charge in [0.2, 0.25) is 0 Å². The second kappa shape index (κ2) is 8.49. The molecular weight excluding hydrogens is 334 g/mol. The number of carbonyl (C=O) groups is 2. The summed E-state index contributed by atoms with van der Waals surface area (Å²) in [4.78, 5) is 25.3. The molecule has 3 rings (SSSR count). The molecule has 2 aromatic rings. The Labute approximate surface area is 152 Å². The van der Waals surface area contributed by atoms with Crippen LogP contribution in [0.15, 0.2) is 54.6 Å². The molecular formula is C20H21NO5. The number of hydrogen-bond acceptors (Lipinski definition) is 4. The zero-order chi connectivity index (χ0) is 18.4. The predicted molar refractivity (Wildman–Crippen MR) is 95.1 cm³/mol. The van der Waals surface area contributed by atoms with E-state index in [1.54, 1.807) is 17.0 Å². The van der Waals surface area contributed by atoms with E-state index < -0.39 is 12.0 Å². The van der Waals surface area contributed by atoms with Crippen molar-refractivity contribution < 1.29 is 24.2 Å². The van der Waals surface area contributed by atoms with E-state index >= 15 is 0 Å². The summed E-state index contributed by atoms with van der Waals surface area (Å²) in [7, 11) is 0. The first-order chi connectivity index (χ1) is 12.6. The Hall–Kier alpha value is -2.86. The van der Waals surface area contributed by atoms with Gasteiger partial charge in [0.1, 0.15) is 12.4 Å². The number of morpholine rings is 1. The molecule has 2 aromatic carbocycles. The fraction of sp³-hybridized carbons (Fsp3) is 0.300. The van der Waals surface area contributed by atoms with Crippen LogP contribution in [-0.2, 0) is 16.1 Å². The third-order valence-electron chi connectivity index (χ3n) is 4.25. The highest BCUT2D eigenvalue weighted by atomic mass is 16.5. The monoisotopic (exact) mass is 355 g/mol. The number of benzene rings is 2. The Kier molecular flexibility index (Phi) is 5.86. The lowest BCUT2D eigenvalue weighted by Crippen LogP contribution is -2.49. The van der Waals surface area contributed by atoms with Gasteiger partial charge in [-0.05, 0) is 29.8 Å². The first-order valence-electron chi connectivity index (χ1n) is 8.51. The molecule has 1 aliphatic rings. The first-order valence-corrected chi connectivity index (χ1v) is 8.51. The normalized spacial score (nSPS) is 16.9. The third-order valence-corrected chi connectivity index (χ3v) is 4.25. The van der Waals surface area contributed by atoms with Gasteiger partial charge < -0.3 is 19.5 Å². The van der Waals surface area contributed by atoms with Crippen LogP contribution in [0.25, 0.3) is 0 Å². The van der Waals surface area contributed by atoms with Gasteiger partial charge in [-0.15, -0.1) is 0 Å². The standard InChI is InChI=1S/C20H21NO5/c22-19(23)12-17-14-25-11-10-21(17)20(24)16-8-6-15(7-9-16)13-26-18-4-2-1-3-5-18/h1-9,17H,10-14H2,(H,22,23)/t17-/m0/s1. The van der Waals surface area contributed by atoms with Crippen molar-refractivity contribution >= 4 is 11.9 Å². The van der Waals surface area contributed by atoms with Crippen LogP contribution in [0.4, 0.5) is 0 Å². The average molecular weight is 355 g/mol.